The molecule has 1 unspecified atom stereocenters. The number of carboxylic acids is 2. The summed E-state index contributed by atoms with van der Waals surface area (Å²) >= 11 is 14.8. The first-order valence-electron chi connectivity index (χ1n) is 24.1. The van der Waals surface area contributed by atoms with E-state index in [-0.39, 0.29) is 38.2 Å². The van der Waals surface area contributed by atoms with Crippen molar-refractivity contribution >= 4 is 99.8 Å². The van der Waals surface area contributed by atoms with Crippen molar-refractivity contribution in [2.45, 2.75) is 74.0 Å². The standard InChI is InChI=1S/2C28H24ClN3O5S2.5H2/c2*1-15(2)39(35,36)18-10-8-17(9-11-18)22-14-31-27-25(32-22)20(13-30-27)24-12-23(26(38-24)28(33)34)37-16(3)19-6-4-5-7-21(19)29;;;;;/h2*4-16H,1-3H3,(H,30,31)(H,33,34);5*1H/t16-;;;;;;/m1....../s1. The highest BCUT2D eigenvalue weighted by Gasteiger charge is 2.26. The third-order valence-electron chi connectivity index (χ3n) is 12.6. The minimum Gasteiger partial charge on any atom is -0.484 e. The van der Waals surface area contributed by atoms with Crippen molar-refractivity contribution in [2.24, 2.45) is 0 Å². The summed E-state index contributed by atoms with van der Waals surface area (Å²) < 4.78 is 62.0. The van der Waals surface area contributed by atoms with Crippen LogP contribution in [0.1, 0.15) is 91.4 Å². The summed E-state index contributed by atoms with van der Waals surface area (Å²) in [5.41, 5.74) is 7.52. The van der Waals surface area contributed by atoms with E-state index in [0.717, 1.165) is 33.8 Å². The van der Waals surface area contributed by atoms with Gasteiger partial charge in [0, 0.05) is 72.7 Å². The minimum absolute atomic E-state index is 0. The van der Waals surface area contributed by atoms with Gasteiger partial charge >= 0.3 is 11.9 Å². The Balaban J connectivity index is 0.000000336. The fourth-order valence-corrected chi connectivity index (χ4v) is 12.8. The molecule has 4 N–H and O–H groups in total. The number of nitrogens with one attached hydrogen (secondary N) is 2. The number of ether oxygens (including phenoxy) is 2. The Morgan fingerprint density at radius 1 is 0.564 bits per heavy atom. The second kappa shape index (κ2) is 22.5. The summed E-state index contributed by atoms with van der Waals surface area (Å²) in [6.45, 7) is 10.2. The molecule has 10 aromatic rings. The summed E-state index contributed by atoms with van der Waals surface area (Å²) in [7, 11) is -6.78. The van der Waals surface area contributed by atoms with Crippen LogP contribution in [0.5, 0.6) is 11.5 Å². The monoisotopic (exact) mass is 1170 g/mol. The average Bonchev–Trinajstić information content (AvgIpc) is 4.25. The Labute approximate surface area is 474 Å². The van der Waals surface area contributed by atoms with Crippen LogP contribution in [-0.2, 0) is 19.7 Å². The molecule has 4 aromatic carbocycles. The van der Waals surface area contributed by atoms with Gasteiger partial charge in [0.15, 0.2) is 40.7 Å². The van der Waals surface area contributed by atoms with Gasteiger partial charge in [-0.25, -0.2) is 46.4 Å². The first-order chi connectivity index (χ1) is 37.1. The summed E-state index contributed by atoms with van der Waals surface area (Å²) in [4.78, 5) is 50.7. The first kappa shape index (κ1) is 55.3. The summed E-state index contributed by atoms with van der Waals surface area (Å²) in [6.07, 6.45) is 5.71. The lowest BCUT2D eigenvalue weighted by Gasteiger charge is -2.15. The Bertz CT molecular complexity index is 3880. The zero-order valence-corrected chi connectivity index (χ0v) is 47.1. The number of benzene rings is 4. The van der Waals surface area contributed by atoms with Crippen LogP contribution in [0.15, 0.2) is 144 Å². The second-order valence-corrected chi connectivity index (χ2v) is 26.3. The number of aromatic amines is 2. The molecule has 6 heterocycles. The molecule has 0 amide bonds. The summed E-state index contributed by atoms with van der Waals surface area (Å²) in [6, 6.07) is 30.9. The van der Waals surface area contributed by atoms with Crippen molar-refractivity contribution in [3.63, 3.8) is 0 Å². The van der Waals surface area contributed by atoms with E-state index in [4.69, 9.17) is 42.6 Å². The van der Waals surface area contributed by atoms with E-state index >= 15 is 0 Å². The van der Waals surface area contributed by atoms with Gasteiger partial charge < -0.3 is 29.7 Å². The van der Waals surface area contributed by atoms with Crippen molar-refractivity contribution in [2.75, 3.05) is 0 Å². The number of aromatic nitrogens is 6. The Hall–Kier alpha value is -7.46. The number of H-pyrrole nitrogens is 2. The van der Waals surface area contributed by atoms with Crippen LogP contribution in [0.3, 0.4) is 0 Å². The van der Waals surface area contributed by atoms with Gasteiger partial charge in [-0.2, -0.15) is 0 Å². The highest BCUT2D eigenvalue weighted by atomic mass is 35.5. The van der Waals surface area contributed by atoms with Crippen molar-refractivity contribution in [1.29, 1.82) is 0 Å². The van der Waals surface area contributed by atoms with Crippen molar-refractivity contribution in [3.8, 4) is 54.9 Å². The fraction of sp³-hybridized carbons (Fsp3) is 0.179. The summed E-state index contributed by atoms with van der Waals surface area (Å²) in [5, 5.41) is 19.7. The van der Waals surface area contributed by atoms with Gasteiger partial charge in [-0.15, -0.1) is 22.7 Å². The lowest BCUT2D eigenvalue weighted by Crippen LogP contribution is -2.13. The molecule has 2 atom stereocenters. The molecular formula is C56H58Cl2N6O10S4. The zero-order chi connectivity index (χ0) is 55.8. The van der Waals surface area contributed by atoms with E-state index in [2.05, 4.69) is 19.9 Å². The lowest BCUT2D eigenvalue weighted by molar-refractivity contribution is 0.0684. The summed E-state index contributed by atoms with van der Waals surface area (Å²) in [5.74, 6) is -1.74. The fourth-order valence-electron chi connectivity index (χ4n) is 8.22. The van der Waals surface area contributed by atoms with Crippen molar-refractivity contribution in [1.82, 2.24) is 29.9 Å². The molecule has 0 saturated heterocycles. The van der Waals surface area contributed by atoms with Gasteiger partial charge in [-0.3, -0.25) is 0 Å². The van der Waals surface area contributed by atoms with Crippen LogP contribution in [0, 0.1) is 0 Å². The molecule has 16 nitrogen and oxygen atoms in total. The van der Waals surface area contributed by atoms with Crippen LogP contribution in [-0.4, -0.2) is 79.4 Å². The number of fused-ring (bicyclic) bond motifs is 2. The first-order valence-corrected chi connectivity index (χ1v) is 29.5. The largest absolute Gasteiger partial charge is 0.484 e. The van der Waals surface area contributed by atoms with Crippen LogP contribution >= 0.6 is 45.9 Å². The predicted octanol–water partition coefficient (Wildman–Crippen LogP) is 15.3. The van der Waals surface area contributed by atoms with Gasteiger partial charge in [-0.05, 0) is 90.1 Å². The molecule has 6 aromatic heterocycles. The van der Waals surface area contributed by atoms with E-state index in [9.17, 15) is 36.6 Å². The molecule has 0 bridgehead atoms. The van der Waals surface area contributed by atoms with Crippen LogP contribution in [0.4, 0.5) is 0 Å². The third kappa shape index (κ3) is 11.3. The molecule has 0 aliphatic carbocycles. The van der Waals surface area contributed by atoms with Crippen LogP contribution in [0.2, 0.25) is 10.0 Å². The molecule has 0 radical (unpaired) electrons. The Morgan fingerprint density at radius 3 is 1.26 bits per heavy atom. The number of nitrogens with zero attached hydrogens (tertiary/aromatic N) is 4. The van der Waals surface area contributed by atoms with E-state index in [1.165, 1.54) is 0 Å². The molecule has 22 heteroatoms. The average molecular weight is 1170 g/mol. The molecular weight excluding hydrogens is 1120 g/mol. The van der Waals surface area contributed by atoms with Crippen molar-refractivity contribution < 1.29 is 53.2 Å². The lowest BCUT2D eigenvalue weighted by atomic mass is 10.1. The predicted molar refractivity (Wildman–Crippen MR) is 315 cm³/mol. The molecule has 10 rings (SSSR count). The number of rotatable bonds is 16. The Kier molecular flexibility index (Phi) is 15.9. The molecule has 0 aliphatic rings. The van der Waals surface area contributed by atoms with Gasteiger partial charge in [0.1, 0.15) is 34.7 Å². The van der Waals surface area contributed by atoms with Crippen molar-refractivity contribution in [3.05, 3.63) is 165 Å². The number of hydrogen-bond donors (Lipinski definition) is 4. The molecule has 0 fully saturated rings. The van der Waals surface area contributed by atoms with E-state index < -0.39 is 54.3 Å². The number of aromatic carboxylic acids is 2. The Morgan fingerprint density at radius 2 is 0.923 bits per heavy atom. The maximum absolute atomic E-state index is 12.5. The molecule has 410 valence electrons. The number of hydrogen-bond acceptors (Lipinski definition) is 14. The van der Waals surface area contributed by atoms with Gasteiger partial charge in [0.05, 0.1) is 44.1 Å². The van der Waals surface area contributed by atoms with Gasteiger partial charge in [0.2, 0.25) is 0 Å². The number of thiophene rings is 2. The maximum atomic E-state index is 12.5. The number of sulfone groups is 2. The second-order valence-electron chi connectivity index (χ2n) is 18.3. The molecule has 0 spiro atoms. The molecule has 0 saturated carbocycles. The van der Waals surface area contributed by atoms with Crippen LogP contribution < -0.4 is 9.47 Å². The maximum Gasteiger partial charge on any atom is 0.349 e. The third-order valence-corrected chi connectivity index (χ3v) is 19.9. The van der Waals surface area contributed by atoms with E-state index in [1.54, 1.807) is 125 Å². The van der Waals surface area contributed by atoms with Crippen LogP contribution in [0.25, 0.3) is 65.7 Å². The molecule has 78 heavy (non-hydrogen) atoms. The van der Waals surface area contributed by atoms with Gasteiger partial charge in [0.25, 0.3) is 0 Å². The molecule has 0 aliphatic heterocycles. The quantitative estimate of drug-likeness (QED) is 0.0703. The van der Waals surface area contributed by atoms with Gasteiger partial charge in [-0.1, -0.05) is 83.9 Å². The number of halogens is 2. The van der Waals surface area contributed by atoms with E-state index in [1.807, 2.05) is 50.2 Å². The normalized spacial score (nSPS) is 12.6. The topological polar surface area (TPSA) is 244 Å². The van der Waals surface area contributed by atoms with E-state index in [0.29, 0.717) is 75.8 Å². The smallest absolute Gasteiger partial charge is 0.349 e. The highest BCUT2D eigenvalue weighted by Crippen LogP contribution is 2.43. The number of carbonyl (C=O) groups is 2. The highest BCUT2D eigenvalue weighted by molar-refractivity contribution is 7.92. The number of carboxylic acid groups (broad SMARTS) is 2. The minimum atomic E-state index is -3.39. The SMILES string of the molecule is CC(C)S(=O)(=O)c1ccc(-c2cnc3[nH]cc(-c4cc(O[C@H](C)c5ccccc5Cl)c(C(=O)O)s4)c3n2)cc1.CC(Oc1cc(-c2c[nH]c3ncc(-c4ccc(S(=O)(=O)C(C)C)cc4)nc23)sc1C(=O)O)c1ccccc1Cl.[HH].[HH].[HH].[HH].[HH]. The zero-order valence-electron chi connectivity index (χ0n) is 42.3.